The molecule has 7 heteroatoms. The summed E-state index contributed by atoms with van der Waals surface area (Å²) in [5, 5.41) is 5.99. The number of benzene rings is 2. The van der Waals surface area contributed by atoms with Crippen molar-refractivity contribution in [2.24, 2.45) is 5.14 Å². The smallest absolute Gasteiger partial charge is 0.308 e. The van der Waals surface area contributed by atoms with E-state index in [2.05, 4.69) is 0 Å². The van der Waals surface area contributed by atoms with Crippen LogP contribution in [0.25, 0.3) is 11.1 Å². The van der Waals surface area contributed by atoms with E-state index in [-0.39, 0.29) is 6.61 Å². The summed E-state index contributed by atoms with van der Waals surface area (Å²) in [6.07, 6.45) is -0.399. The molecule has 0 saturated heterocycles. The van der Waals surface area contributed by atoms with Crippen molar-refractivity contribution in [3.8, 4) is 11.1 Å². The number of sulfonamides is 1. The number of fused-ring (bicyclic) bond motifs is 3. The predicted octanol–water partition coefficient (Wildman–Crippen LogP) is 2.81. The van der Waals surface area contributed by atoms with Gasteiger partial charge in [-0.05, 0) is 41.3 Å². The van der Waals surface area contributed by atoms with E-state index >= 15 is 0 Å². The first kappa shape index (κ1) is 17.0. The molecule has 1 aliphatic carbocycles. The van der Waals surface area contributed by atoms with Gasteiger partial charge in [0.1, 0.15) is 4.75 Å². The molecule has 0 amide bonds. The molecule has 1 unspecified atom stereocenters. The molecule has 1 atom stereocenters. The molecule has 0 spiro atoms. The summed E-state index contributed by atoms with van der Waals surface area (Å²) < 4.78 is 28.6. The summed E-state index contributed by atoms with van der Waals surface area (Å²) in [6, 6.07) is 12.0. The van der Waals surface area contributed by atoms with E-state index in [1.54, 1.807) is 49.4 Å². The molecule has 0 radical (unpaired) electrons. The molecule has 5 nitrogen and oxygen atoms in total. The minimum atomic E-state index is -4.18. The molecule has 1 aliphatic rings. The second-order valence-corrected chi connectivity index (χ2v) is 7.81. The van der Waals surface area contributed by atoms with E-state index in [1.165, 1.54) is 0 Å². The fourth-order valence-electron chi connectivity index (χ4n) is 3.31. The Labute approximate surface area is 145 Å². The number of ether oxygens (including phenoxy) is 1. The van der Waals surface area contributed by atoms with E-state index in [0.29, 0.717) is 21.7 Å². The number of carbonyl (C=O) groups excluding carboxylic acids is 1. The number of carbonyl (C=O) groups is 1. The summed E-state index contributed by atoms with van der Waals surface area (Å²) in [4.78, 5) is 12.2. The number of primary sulfonamides is 1. The second-order valence-electron chi connectivity index (χ2n) is 5.59. The van der Waals surface area contributed by atoms with E-state index in [9.17, 15) is 13.2 Å². The Morgan fingerprint density at radius 2 is 1.83 bits per heavy atom. The van der Waals surface area contributed by atoms with Gasteiger partial charge in [-0.1, -0.05) is 41.9 Å². The molecule has 0 aliphatic heterocycles. The topological polar surface area (TPSA) is 86.5 Å². The average Bonchev–Trinajstić information content (AvgIpc) is 2.78. The van der Waals surface area contributed by atoms with Crippen molar-refractivity contribution < 1.29 is 17.9 Å². The van der Waals surface area contributed by atoms with Crippen LogP contribution in [0.2, 0.25) is 5.02 Å². The third-order valence-electron chi connectivity index (χ3n) is 4.25. The number of halogens is 1. The van der Waals surface area contributed by atoms with E-state index in [4.69, 9.17) is 21.5 Å². The molecule has 126 valence electrons. The molecule has 3 rings (SSSR count). The molecule has 0 aromatic heterocycles. The fourth-order valence-corrected chi connectivity index (χ4v) is 4.76. The third-order valence-corrected chi connectivity index (χ3v) is 6.04. The molecule has 2 aromatic carbocycles. The first-order chi connectivity index (χ1) is 11.3. The molecular weight excluding hydrogens is 350 g/mol. The van der Waals surface area contributed by atoms with Crippen molar-refractivity contribution in [1.29, 1.82) is 0 Å². The minimum Gasteiger partial charge on any atom is -0.466 e. The predicted molar refractivity (Wildman–Crippen MR) is 92.0 cm³/mol. The number of hydrogen-bond donors (Lipinski definition) is 1. The first-order valence-corrected chi connectivity index (χ1v) is 9.31. The van der Waals surface area contributed by atoms with Crippen LogP contribution < -0.4 is 5.14 Å². The second kappa shape index (κ2) is 5.88. The van der Waals surface area contributed by atoms with Crippen LogP contribution in [0.3, 0.4) is 0 Å². The quantitative estimate of drug-likeness (QED) is 0.844. The zero-order chi connectivity index (χ0) is 17.5. The van der Waals surface area contributed by atoms with E-state index in [1.807, 2.05) is 0 Å². The van der Waals surface area contributed by atoms with Gasteiger partial charge in [0.25, 0.3) is 0 Å². The zero-order valence-electron chi connectivity index (χ0n) is 13.0. The van der Waals surface area contributed by atoms with Crippen LogP contribution in [0.1, 0.15) is 24.5 Å². The Hall–Kier alpha value is -1.89. The van der Waals surface area contributed by atoms with Crippen molar-refractivity contribution in [1.82, 2.24) is 0 Å². The summed E-state index contributed by atoms with van der Waals surface area (Å²) in [5.41, 5.74) is 2.31. The highest BCUT2D eigenvalue weighted by atomic mass is 35.5. The molecule has 2 N–H and O–H groups in total. The molecule has 0 fully saturated rings. The van der Waals surface area contributed by atoms with Crippen molar-refractivity contribution in [2.75, 3.05) is 6.61 Å². The van der Waals surface area contributed by atoms with Gasteiger partial charge in [0, 0.05) is 5.02 Å². The summed E-state index contributed by atoms with van der Waals surface area (Å²) >= 11 is 6.09. The SMILES string of the molecule is CCOC(=O)CC1(S(N)(=O)=O)c2ccccc2-c2ccc(Cl)cc21. The van der Waals surface area contributed by atoms with Crippen LogP contribution in [0, 0.1) is 0 Å². The maximum absolute atomic E-state index is 12.7. The molecule has 24 heavy (non-hydrogen) atoms. The summed E-state index contributed by atoms with van der Waals surface area (Å²) in [6.45, 7) is 1.82. The average molecular weight is 366 g/mol. The van der Waals surface area contributed by atoms with Gasteiger partial charge in [0.15, 0.2) is 0 Å². The van der Waals surface area contributed by atoms with Crippen molar-refractivity contribution >= 4 is 27.6 Å². The van der Waals surface area contributed by atoms with Crippen molar-refractivity contribution in [3.05, 3.63) is 58.6 Å². The maximum atomic E-state index is 12.7. The standard InChI is InChI=1S/C17H16ClNO4S/c1-2-23-16(20)10-17(24(19,21)22)14-6-4-3-5-12(14)13-8-7-11(18)9-15(13)17/h3-9H,2,10H2,1H3,(H2,19,21,22). The van der Waals surface area contributed by atoms with Gasteiger partial charge in [0.2, 0.25) is 10.0 Å². The molecule has 2 aromatic rings. The Kier molecular flexibility index (Phi) is 4.15. The number of esters is 1. The van der Waals surface area contributed by atoms with Crippen LogP contribution in [0.15, 0.2) is 42.5 Å². The lowest BCUT2D eigenvalue weighted by atomic mass is 9.92. The van der Waals surface area contributed by atoms with Crippen LogP contribution in [-0.4, -0.2) is 21.0 Å². The van der Waals surface area contributed by atoms with Gasteiger partial charge in [-0.25, -0.2) is 13.6 Å². The molecular formula is C17H16ClNO4S. The first-order valence-electron chi connectivity index (χ1n) is 7.39. The van der Waals surface area contributed by atoms with Crippen LogP contribution in [0.5, 0.6) is 0 Å². The summed E-state index contributed by atoms with van der Waals surface area (Å²) in [7, 11) is -4.18. The maximum Gasteiger partial charge on any atom is 0.308 e. The largest absolute Gasteiger partial charge is 0.466 e. The van der Waals surface area contributed by atoms with Gasteiger partial charge in [0.05, 0.1) is 13.0 Å². The normalized spacial score (nSPS) is 18.8. The van der Waals surface area contributed by atoms with Crippen molar-refractivity contribution in [3.63, 3.8) is 0 Å². The Morgan fingerprint density at radius 3 is 2.50 bits per heavy atom. The molecule has 0 heterocycles. The van der Waals surface area contributed by atoms with Crippen LogP contribution in [-0.2, 0) is 24.3 Å². The van der Waals surface area contributed by atoms with E-state index < -0.39 is 27.2 Å². The number of rotatable bonds is 4. The monoisotopic (exact) mass is 365 g/mol. The van der Waals surface area contributed by atoms with Gasteiger partial charge >= 0.3 is 5.97 Å². The third kappa shape index (κ3) is 2.42. The minimum absolute atomic E-state index is 0.156. The van der Waals surface area contributed by atoms with Crippen LogP contribution in [0.4, 0.5) is 0 Å². The van der Waals surface area contributed by atoms with E-state index in [0.717, 1.165) is 5.56 Å². The molecule has 0 bridgehead atoms. The fraction of sp³-hybridized carbons (Fsp3) is 0.235. The van der Waals surface area contributed by atoms with Gasteiger partial charge in [-0.2, -0.15) is 0 Å². The zero-order valence-corrected chi connectivity index (χ0v) is 14.5. The van der Waals surface area contributed by atoms with Gasteiger partial charge in [-0.15, -0.1) is 0 Å². The highest BCUT2D eigenvalue weighted by molar-refractivity contribution is 7.90. The number of nitrogens with two attached hydrogens (primary N) is 1. The highest BCUT2D eigenvalue weighted by Crippen LogP contribution is 2.53. The lowest BCUT2D eigenvalue weighted by molar-refractivity contribution is -0.143. The Morgan fingerprint density at radius 1 is 1.17 bits per heavy atom. The van der Waals surface area contributed by atoms with Crippen molar-refractivity contribution in [2.45, 2.75) is 18.1 Å². The lowest BCUT2D eigenvalue weighted by Gasteiger charge is -2.28. The highest BCUT2D eigenvalue weighted by Gasteiger charge is 2.53. The lowest BCUT2D eigenvalue weighted by Crippen LogP contribution is -2.42. The van der Waals surface area contributed by atoms with Gasteiger partial charge in [-0.3, -0.25) is 4.79 Å². The van der Waals surface area contributed by atoms with Crippen LogP contribution >= 0.6 is 11.6 Å². The molecule has 0 saturated carbocycles. The summed E-state index contributed by atoms with van der Waals surface area (Å²) in [5.74, 6) is -0.630. The number of hydrogen-bond acceptors (Lipinski definition) is 4. The van der Waals surface area contributed by atoms with Gasteiger partial charge < -0.3 is 4.74 Å². The Bertz CT molecular complexity index is 926. The Balaban J connectivity index is 2.36.